The third-order valence-corrected chi connectivity index (χ3v) is 5.10. The average molecular weight is 360 g/mol. The van der Waals surface area contributed by atoms with E-state index in [1.807, 2.05) is 42.5 Å². The van der Waals surface area contributed by atoms with Crippen molar-refractivity contribution in [3.05, 3.63) is 77.0 Å². The second kappa shape index (κ2) is 5.51. The largest absolute Gasteiger partial charge is 0.495 e. The van der Waals surface area contributed by atoms with E-state index in [0.29, 0.717) is 28.2 Å². The van der Waals surface area contributed by atoms with Gasteiger partial charge < -0.3 is 18.9 Å². The maximum Gasteiger partial charge on any atom is 0.342 e. The summed E-state index contributed by atoms with van der Waals surface area (Å²) in [5.74, 6) is -0.558. The first kappa shape index (κ1) is 15.8. The number of esters is 1. The Morgan fingerprint density at radius 2 is 1.56 bits per heavy atom. The van der Waals surface area contributed by atoms with Crippen LogP contribution in [0.25, 0.3) is 16.8 Å². The molecule has 134 valence electrons. The van der Waals surface area contributed by atoms with Crippen LogP contribution in [0.3, 0.4) is 0 Å². The number of rotatable bonds is 2. The molecule has 0 amide bonds. The Morgan fingerprint density at radius 1 is 0.889 bits per heavy atom. The van der Waals surface area contributed by atoms with E-state index in [4.69, 9.17) is 18.9 Å². The number of benzene rings is 3. The summed E-state index contributed by atoms with van der Waals surface area (Å²) >= 11 is 0. The monoisotopic (exact) mass is 360 g/mol. The van der Waals surface area contributed by atoms with Crippen molar-refractivity contribution in [3.8, 4) is 11.5 Å². The van der Waals surface area contributed by atoms with Gasteiger partial charge in [0.25, 0.3) is 0 Å². The first-order valence-electron chi connectivity index (χ1n) is 8.55. The zero-order valence-electron chi connectivity index (χ0n) is 14.8. The molecule has 5 nitrogen and oxygen atoms in total. The highest BCUT2D eigenvalue weighted by Gasteiger charge is 2.53. The van der Waals surface area contributed by atoms with Crippen LogP contribution in [0, 0.1) is 0 Å². The molecule has 5 rings (SSSR count). The maximum atomic E-state index is 12.6. The molecule has 2 aliphatic heterocycles. The summed E-state index contributed by atoms with van der Waals surface area (Å²) in [5.41, 5.74) is 2.52. The second-order valence-corrected chi connectivity index (χ2v) is 6.37. The molecule has 1 spiro atoms. The van der Waals surface area contributed by atoms with E-state index in [1.54, 1.807) is 26.4 Å². The summed E-state index contributed by atoms with van der Waals surface area (Å²) in [6.45, 7) is 0. The SMILES string of the molecule is COc1c2c(c(OC)c3ccccc13)C1(OC=C2)OC(=O)c2ccccc21. The van der Waals surface area contributed by atoms with Crippen LogP contribution in [0.2, 0.25) is 0 Å². The Hall–Kier alpha value is -3.47. The van der Waals surface area contributed by atoms with Crippen molar-refractivity contribution in [1.29, 1.82) is 0 Å². The van der Waals surface area contributed by atoms with Crippen LogP contribution in [-0.2, 0) is 15.3 Å². The first-order chi connectivity index (χ1) is 13.2. The Labute approximate surface area is 155 Å². The van der Waals surface area contributed by atoms with E-state index in [1.165, 1.54) is 6.26 Å². The number of carbonyl (C=O) groups is 1. The van der Waals surface area contributed by atoms with Gasteiger partial charge in [-0.15, -0.1) is 0 Å². The zero-order chi connectivity index (χ0) is 18.6. The lowest BCUT2D eigenvalue weighted by Gasteiger charge is -2.34. The molecule has 3 aromatic rings. The lowest BCUT2D eigenvalue weighted by atomic mass is 9.87. The molecule has 27 heavy (non-hydrogen) atoms. The molecule has 2 aliphatic rings. The predicted molar refractivity (Wildman–Crippen MR) is 99.8 cm³/mol. The molecule has 1 unspecified atom stereocenters. The van der Waals surface area contributed by atoms with Crippen molar-refractivity contribution in [1.82, 2.24) is 0 Å². The summed E-state index contributed by atoms with van der Waals surface area (Å²) < 4.78 is 23.4. The minimum absolute atomic E-state index is 0.430. The molecule has 0 saturated carbocycles. The molecule has 0 fully saturated rings. The van der Waals surface area contributed by atoms with Gasteiger partial charge in [0, 0.05) is 16.3 Å². The van der Waals surface area contributed by atoms with Crippen LogP contribution < -0.4 is 9.47 Å². The fourth-order valence-electron chi connectivity index (χ4n) is 4.03. The second-order valence-electron chi connectivity index (χ2n) is 6.37. The summed E-state index contributed by atoms with van der Waals surface area (Å²) in [6, 6.07) is 15.0. The molecular formula is C22H16O5. The van der Waals surface area contributed by atoms with Crippen LogP contribution >= 0.6 is 0 Å². The molecular weight excluding hydrogens is 344 g/mol. The van der Waals surface area contributed by atoms with Crippen LogP contribution in [0.15, 0.2) is 54.8 Å². The highest BCUT2D eigenvalue weighted by Crippen LogP contribution is 2.54. The van der Waals surface area contributed by atoms with Crippen molar-refractivity contribution in [2.45, 2.75) is 5.79 Å². The average Bonchev–Trinajstić information content (AvgIpc) is 2.99. The van der Waals surface area contributed by atoms with Crippen molar-refractivity contribution in [3.63, 3.8) is 0 Å². The van der Waals surface area contributed by atoms with Gasteiger partial charge in [0.05, 0.1) is 37.2 Å². The minimum atomic E-state index is -1.40. The molecule has 2 heterocycles. The lowest BCUT2D eigenvalue weighted by molar-refractivity contribution is -0.138. The van der Waals surface area contributed by atoms with Gasteiger partial charge in [-0.3, -0.25) is 0 Å². The van der Waals surface area contributed by atoms with E-state index in [9.17, 15) is 4.79 Å². The van der Waals surface area contributed by atoms with Gasteiger partial charge in [0.1, 0.15) is 11.5 Å². The standard InChI is InChI=1S/C22H16O5/c1-24-19-13-7-3-4-8-14(13)20(25-2)18-16(19)11-12-26-22(18)17-10-6-5-9-15(17)21(23)27-22/h3-12H,1-2H3. The van der Waals surface area contributed by atoms with Crippen LogP contribution in [0.5, 0.6) is 11.5 Å². The van der Waals surface area contributed by atoms with Gasteiger partial charge in [-0.05, 0) is 18.2 Å². The van der Waals surface area contributed by atoms with Gasteiger partial charge >= 0.3 is 11.8 Å². The lowest BCUT2D eigenvalue weighted by Crippen LogP contribution is -2.33. The van der Waals surface area contributed by atoms with E-state index >= 15 is 0 Å². The Balaban J connectivity index is 1.95. The predicted octanol–water partition coefficient (Wildman–Crippen LogP) is 4.23. The zero-order valence-corrected chi connectivity index (χ0v) is 14.8. The molecule has 0 bridgehead atoms. The van der Waals surface area contributed by atoms with Crippen LogP contribution in [-0.4, -0.2) is 20.2 Å². The molecule has 0 saturated heterocycles. The smallest absolute Gasteiger partial charge is 0.342 e. The number of carbonyl (C=O) groups excluding carboxylic acids is 1. The first-order valence-corrected chi connectivity index (χ1v) is 8.55. The van der Waals surface area contributed by atoms with Crippen LogP contribution in [0.4, 0.5) is 0 Å². The maximum absolute atomic E-state index is 12.6. The van der Waals surface area contributed by atoms with Gasteiger partial charge in [-0.25, -0.2) is 4.79 Å². The van der Waals surface area contributed by atoms with Crippen LogP contribution in [0.1, 0.15) is 27.0 Å². The normalized spacial score (nSPS) is 19.4. The number of hydrogen-bond donors (Lipinski definition) is 0. The molecule has 0 N–H and O–H groups in total. The van der Waals surface area contributed by atoms with Crippen molar-refractivity contribution < 1.29 is 23.7 Å². The number of fused-ring (bicyclic) bond motifs is 5. The number of ether oxygens (including phenoxy) is 4. The summed E-state index contributed by atoms with van der Waals surface area (Å²) in [4.78, 5) is 12.6. The summed E-state index contributed by atoms with van der Waals surface area (Å²) in [5, 5.41) is 1.77. The van der Waals surface area contributed by atoms with Gasteiger partial charge in [0.2, 0.25) is 0 Å². The minimum Gasteiger partial charge on any atom is -0.495 e. The number of methoxy groups -OCH3 is 2. The fourth-order valence-corrected chi connectivity index (χ4v) is 4.03. The van der Waals surface area contributed by atoms with Gasteiger partial charge in [-0.2, -0.15) is 0 Å². The number of hydrogen-bond acceptors (Lipinski definition) is 5. The van der Waals surface area contributed by atoms with Crippen molar-refractivity contribution >= 4 is 22.8 Å². The highest BCUT2D eigenvalue weighted by molar-refractivity contribution is 6.01. The van der Waals surface area contributed by atoms with Gasteiger partial charge in [-0.1, -0.05) is 36.4 Å². The van der Waals surface area contributed by atoms with Crippen molar-refractivity contribution in [2.24, 2.45) is 0 Å². The summed E-state index contributed by atoms with van der Waals surface area (Å²) in [6.07, 6.45) is 3.34. The Morgan fingerprint density at radius 3 is 2.30 bits per heavy atom. The molecule has 0 radical (unpaired) electrons. The van der Waals surface area contributed by atoms with E-state index in [2.05, 4.69) is 0 Å². The van der Waals surface area contributed by atoms with E-state index in [-0.39, 0.29) is 0 Å². The Bertz CT molecular complexity index is 1130. The summed E-state index contributed by atoms with van der Waals surface area (Å²) in [7, 11) is 3.22. The molecule has 3 aromatic carbocycles. The molecule has 1 atom stereocenters. The Kier molecular flexibility index (Phi) is 3.22. The van der Waals surface area contributed by atoms with Crippen molar-refractivity contribution in [2.75, 3.05) is 14.2 Å². The van der Waals surface area contributed by atoms with E-state index in [0.717, 1.165) is 16.3 Å². The van der Waals surface area contributed by atoms with Gasteiger partial charge in [0.15, 0.2) is 0 Å². The molecule has 0 aromatic heterocycles. The third kappa shape index (κ3) is 1.91. The molecule has 0 aliphatic carbocycles. The van der Waals surface area contributed by atoms with E-state index < -0.39 is 11.8 Å². The fraction of sp³-hybridized carbons (Fsp3) is 0.136. The third-order valence-electron chi connectivity index (χ3n) is 5.10. The molecule has 5 heteroatoms. The topological polar surface area (TPSA) is 54.0 Å². The quantitative estimate of drug-likeness (QED) is 0.640. The highest BCUT2D eigenvalue weighted by atomic mass is 16.7.